The number of aliphatic imine (C=N–C) groups is 1. The molecule has 0 amide bonds. The smallest absolute Gasteiger partial charge is 0.191 e. The van der Waals surface area contributed by atoms with E-state index in [4.69, 9.17) is 19.2 Å². The molecule has 31 heavy (non-hydrogen) atoms. The van der Waals surface area contributed by atoms with Crippen LogP contribution in [-0.4, -0.2) is 75.5 Å². The van der Waals surface area contributed by atoms with Crippen molar-refractivity contribution in [3.05, 3.63) is 23.8 Å². The lowest BCUT2D eigenvalue weighted by atomic mass is 10.1. The Hall–Kier alpha value is -1.26. The minimum Gasteiger partial charge on any atom is -0.490 e. The van der Waals surface area contributed by atoms with Gasteiger partial charge in [0.05, 0.1) is 33.0 Å². The number of nitrogens with zero attached hydrogens (tertiary/aromatic N) is 2. The summed E-state index contributed by atoms with van der Waals surface area (Å²) in [4.78, 5) is 7.28. The van der Waals surface area contributed by atoms with Crippen LogP contribution < -0.4 is 20.1 Å². The summed E-state index contributed by atoms with van der Waals surface area (Å²) in [5, 5.41) is 6.80. The Morgan fingerprint density at radius 2 is 1.94 bits per heavy atom. The third-order valence-corrected chi connectivity index (χ3v) is 5.16. The molecule has 0 aromatic heterocycles. The predicted molar refractivity (Wildman–Crippen MR) is 138 cm³/mol. The second-order valence-electron chi connectivity index (χ2n) is 7.55. The molecule has 0 aliphatic carbocycles. The van der Waals surface area contributed by atoms with Crippen LogP contribution in [0, 0.1) is 0 Å². The number of ether oxygens (including phenoxy) is 3. The fourth-order valence-corrected chi connectivity index (χ4v) is 3.64. The van der Waals surface area contributed by atoms with Crippen molar-refractivity contribution >= 4 is 29.9 Å². The minimum atomic E-state index is 0. The molecule has 0 radical (unpaired) electrons. The Labute approximate surface area is 205 Å². The van der Waals surface area contributed by atoms with Crippen molar-refractivity contribution in [2.75, 3.05) is 52.6 Å². The molecule has 8 heteroatoms. The summed E-state index contributed by atoms with van der Waals surface area (Å²) in [6, 6.07) is 7.00. The van der Waals surface area contributed by atoms with Crippen LogP contribution in [0.3, 0.4) is 0 Å². The molecule has 1 aliphatic heterocycles. The van der Waals surface area contributed by atoms with Crippen LogP contribution in [0.4, 0.5) is 0 Å². The lowest BCUT2D eigenvalue weighted by Gasteiger charge is -2.37. The SMILES string of the molecule is CCNC(=NCC(C)N1CCOCC1C)NCCc1ccc(OCC)c(OCC)c1.I. The first kappa shape index (κ1) is 27.8. The van der Waals surface area contributed by atoms with Crippen molar-refractivity contribution < 1.29 is 14.2 Å². The van der Waals surface area contributed by atoms with Gasteiger partial charge in [0.1, 0.15) is 0 Å². The van der Waals surface area contributed by atoms with Crippen molar-refractivity contribution in [2.45, 2.75) is 53.1 Å². The van der Waals surface area contributed by atoms with Crippen LogP contribution >= 0.6 is 24.0 Å². The molecule has 7 nitrogen and oxygen atoms in total. The molecule has 1 aliphatic rings. The zero-order chi connectivity index (χ0) is 21.8. The number of hydrogen-bond donors (Lipinski definition) is 2. The van der Waals surface area contributed by atoms with Gasteiger partial charge in [-0.2, -0.15) is 0 Å². The summed E-state index contributed by atoms with van der Waals surface area (Å²) in [5.74, 6) is 2.48. The summed E-state index contributed by atoms with van der Waals surface area (Å²) in [6.45, 7) is 16.8. The van der Waals surface area contributed by atoms with Gasteiger partial charge in [0, 0.05) is 31.7 Å². The van der Waals surface area contributed by atoms with E-state index in [1.54, 1.807) is 0 Å². The molecule has 1 aromatic carbocycles. The number of hydrogen-bond acceptors (Lipinski definition) is 5. The second-order valence-corrected chi connectivity index (χ2v) is 7.55. The highest BCUT2D eigenvalue weighted by Gasteiger charge is 2.23. The highest BCUT2D eigenvalue weighted by molar-refractivity contribution is 14.0. The molecule has 1 heterocycles. The molecule has 1 saturated heterocycles. The van der Waals surface area contributed by atoms with E-state index in [9.17, 15) is 0 Å². The third kappa shape index (κ3) is 9.41. The van der Waals surface area contributed by atoms with Gasteiger partial charge >= 0.3 is 0 Å². The first-order valence-corrected chi connectivity index (χ1v) is 11.3. The average molecular weight is 549 g/mol. The van der Waals surface area contributed by atoms with Gasteiger partial charge in [-0.25, -0.2) is 0 Å². The van der Waals surface area contributed by atoms with E-state index in [0.29, 0.717) is 25.3 Å². The van der Waals surface area contributed by atoms with E-state index in [-0.39, 0.29) is 24.0 Å². The maximum absolute atomic E-state index is 5.73. The molecule has 2 unspecified atom stereocenters. The van der Waals surface area contributed by atoms with Crippen LogP contribution in [-0.2, 0) is 11.2 Å². The number of halogens is 1. The van der Waals surface area contributed by atoms with Crippen molar-refractivity contribution in [2.24, 2.45) is 4.99 Å². The summed E-state index contributed by atoms with van der Waals surface area (Å²) in [7, 11) is 0. The maximum Gasteiger partial charge on any atom is 0.191 e. The normalized spacial score (nSPS) is 18.1. The standard InChI is InChI=1S/C23H40N4O3.HI/c1-6-24-23(26-16-18(4)27-13-14-28-17-19(27)5)25-12-11-20-9-10-21(29-7-2)22(15-20)30-8-3;/h9-10,15,18-19H,6-8,11-14,16-17H2,1-5H3,(H2,24,25,26);1H. The second kappa shape index (κ2) is 15.5. The molecule has 1 aromatic rings. The van der Waals surface area contributed by atoms with Crippen LogP contribution in [0.15, 0.2) is 23.2 Å². The number of nitrogens with one attached hydrogen (secondary N) is 2. The van der Waals surface area contributed by atoms with E-state index in [1.807, 2.05) is 19.9 Å². The van der Waals surface area contributed by atoms with Crippen molar-refractivity contribution in [1.82, 2.24) is 15.5 Å². The molecule has 2 atom stereocenters. The molecule has 0 bridgehead atoms. The highest BCUT2D eigenvalue weighted by atomic mass is 127. The van der Waals surface area contributed by atoms with Crippen molar-refractivity contribution in [1.29, 1.82) is 0 Å². The number of morpholine rings is 1. The molecule has 2 N–H and O–H groups in total. The number of benzene rings is 1. The van der Waals surface area contributed by atoms with Crippen LogP contribution in [0.2, 0.25) is 0 Å². The first-order chi connectivity index (χ1) is 14.6. The summed E-state index contributed by atoms with van der Waals surface area (Å²) >= 11 is 0. The van der Waals surface area contributed by atoms with Gasteiger partial charge in [0.2, 0.25) is 0 Å². The molecular formula is C23H41IN4O3. The number of rotatable bonds is 11. The van der Waals surface area contributed by atoms with Gasteiger partial charge in [-0.05, 0) is 58.7 Å². The molecule has 178 valence electrons. The lowest BCUT2D eigenvalue weighted by Crippen LogP contribution is -2.49. The van der Waals surface area contributed by atoms with Gasteiger partial charge in [-0.1, -0.05) is 6.07 Å². The fraction of sp³-hybridized carbons (Fsp3) is 0.696. The average Bonchev–Trinajstić information content (AvgIpc) is 2.74. The summed E-state index contributed by atoms with van der Waals surface area (Å²) in [6.07, 6.45) is 0.882. The van der Waals surface area contributed by atoms with Gasteiger partial charge in [0.15, 0.2) is 17.5 Å². The van der Waals surface area contributed by atoms with E-state index in [1.165, 1.54) is 5.56 Å². The summed E-state index contributed by atoms with van der Waals surface area (Å²) in [5.41, 5.74) is 1.21. The zero-order valence-electron chi connectivity index (χ0n) is 19.8. The lowest BCUT2D eigenvalue weighted by molar-refractivity contribution is -0.0165. The van der Waals surface area contributed by atoms with E-state index >= 15 is 0 Å². The monoisotopic (exact) mass is 548 g/mol. The van der Waals surface area contributed by atoms with Crippen LogP contribution in [0.1, 0.15) is 40.2 Å². The van der Waals surface area contributed by atoms with Crippen molar-refractivity contribution in [3.63, 3.8) is 0 Å². The Kier molecular flexibility index (Phi) is 13.9. The van der Waals surface area contributed by atoms with Crippen LogP contribution in [0.25, 0.3) is 0 Å². The van der Waals surface area contributed by atoms with Gasteiger partial charge < -0.3 is 24.8 Å². The Morgan fingerprint density at radius 3 is 2.61 bits per heavy atom. The maximum atomic E-state index is 5.73. The van der Waals surface area contributed by atoms with Gasteiger partial charge in [0.25, 0.3) is 0 Å². The van der Waals surface area contributed by atoms with Crippen molar-refractivity contribution in [3.8, 4) is 11.5 Å². The fourth-order valence-electron chi connectivity index (χ4n) is 3.64. The van der Waals surface area contributed by atoms with E-state index in [2.05, 4.69) is 48.4 Å². The quantitative estimate of drug-likeness (QED) is 0.251. The van der Waals surface area contributed by atoms with Gasteiger partial charge in [-0.15, -0.1) is 24.0 Å². The Balaban J connectivity index is 0.00000480. The Bertz CT molecular complexity index is 660. The largest absolute Gasteiger partial charge is 0.490 e. The Morgan fingerprint density at radius 1 is 1.19 bits per heavy atom. The predicted octanol–water partition coefficient (Wildman–Crippen LogP) is 3.31. The van der Waals surface area contributed by atoms with E-state index < -0.39 is 0 Å². The van der Waals surface area contributed by atoms with E-state index in [0.717, 1.165) is 63.3 Å². The third-order valence-electron chi connectivity index (χ3n) is 5.16. The molecule has 1 fully saturated rings. The minimum absolute atomic E-state index is 0. The molecule has 0 saturated carbocycles. The molecular weight excluding hydrogens is 507 g/mol. The first-order valence-electron chi connectivity index (χ1n) is 11.3. The zero-order valence-corrected chi connectivity index (χ0v) is 22.1. The summed E-state index contributed by atoms with van der Waals surface area (Å²) < 4.78 is 16.9. The molecule has 0 spiro atoms. The van der Waals surface area contributed by atoms with Crippen LogP contribution in [0.5, 0.6) is 11.5 Å². The van der Waals surface area contributed by atoms with Gasteiger partial charge in [-0.3, -0.25) is 9.89 Å². The number of guanidine groups is 1. The topological polar surface area (TPSA) is 67.4 Å². The highest BCUT2D eigenvalue weighted by Crippen LogP contribution is 2.28. The molecule has 2 rings (SSSR count).